The molecule has 114 valence electrons. The summed E-state index contributed by atoms with van der Waals surface area (Å²) in [4.78, 5) is 12.2. The second kappa shape index (κ2) is 7.49. The Hall–Kier alpha value is -1.50. The summed E-state index contributed by atoms with van der Waals surface area (Å²) in [7, 11) is 0. The molecule has 0 heterocycles. The smallest absolute Gasteiger partial charge is 0.251 e. The Morgan fingerprint density at radius 3 is 2.62 bits per heavy atom. The third-order valence-electron chi connectivity index (χ3n) is 3.82. The van der Waals surface area contributed by atoms with Crippen molar-refractivity contribution in [1.82, 2.24) is 5.32 Å². The summed E-state index contributed by atoms with van der Waals surface area (Å²) >= 11 is 6.13. The molecular formula is C17H23ClN2O. The van der Waals surface area contributed by atoms with Crippen molar-refractivity contribution in [3.05, 3.63) is 34.3 Å². The molecule has 0 unspecified atom stereocenters. The predicted molar refractivity (Wildman–Crippen MR) is 88.3 cm³/mol. The normalized spacial score (nSPS) is 11.0. The first-order valence-electron chi connectivity index (χ1n) is 7.04. The van der Waals surface area contributed by atoms with Gasteiger partial charge in [-0.3, -0.25) is 4.79 Å². The fourth-order valence-corrected chi connectivity index (χ4v) is 1.75. The third kappa shape index (κ3) is 5.08. The van der Waals surface area contributed by atoms with Gasteiger partial charge in [0.1, 0.15) is 0 Å². The Kier molecular flexibility index (Phi) is 6.26. The summed E-state index contributed by atoms with van der Waals surface area (Å²) in [5.74, 6) is 5.98. The van der Waals surface area contributed by atoms with Gasteiger partial charge in [0, 0.05) is 17.7 Å². The highest BCUT2D eigenvalue weighted by Crippen LogP contribution is 2.25. The lowest BCUT2D eigenvalue weighted by molar-refractivity contribution is 0.0925. The molecule has 3 nitrogen and oxygen atoms in total. The van der Waals surface area contributed by atoms with Crippen LogP contribution in [0.15, 0.2) is 18.2 Å². The monoisotopic (exact) mass is 306 g/mol. The molecule has 1 aromatic rings. The van der Waals surface area contributed by atoms with Crippen LogP contribution in [0.5, 0.6) is 0 Å². The minimum Gasteiger partial charge on any atom is -0.351 e. The Bertz CT molecular complexity index is 568. The largest absolute Gasteiger partial charge is 0.351 e. The van der Waals surface area contributed by atoms with Crippen LogP contribution in [0, 0.1) is 23.2 Å². The van der Waals surface area contributed by atoms with Gasteiger partial charge < -0.3 is 11.1 Å². The molecule has 0 aliphatic heterocycles. The molecular weight excluding hydrogens is 284 g/mol. The van der Waals surface area contributed by atoms with Gasteiger partial charge in [0.25, 0.3) is 5.91 Å². The zero-order valence-electron chi connectivity index (χ0n) is 13.1. The highest BCUT2D eigenvalue weighted by Gasteiger charge is 2.23. The Morgan fingerprint density at radius 1 is 1.43 bits per heavy atom. The van der Waals surface area contributed by atoms with Crippen LogP contribution in [-0.2, 0) is 0 Å². The van der Waals surface area contributed by atoms with Crippen LogP contribution >= 0.6 is 11.6 Å². The van der Waals surface area contributed by atoms with Gasteiger partial charge in [0.05, 0.1) is 11.6 Å². The number of hydrogen-bond acceptors (Lipinski definition) is 2. The number of halogens is 1. The fraction of sp³-hybridized carbons (Fsp3) is 0.471. The maximum absolute atomic E-state index is 12.2. The molecule has 0 aliphatic carbocycles. The van der Waals surface area contributed by atoms with Crippen molar-refractivity contribution >= 4 is 17.5 Å². The zero-order chi connectivity index (χ0) is 16.0. The molecule has 4 heteroatoms. The summed E-state index contributed by atoms with van der Waals surface area (Å²) in [5, 5.41) is 3.42. The molecule has 3 N–H and O–H groups in total. The SMILES string of the molecule is CC(C)C(C)(C)CNC(=O)c1ccc(C#CCN)c(Cl)c1. The molecule has 0 fully saturated rings. The predicted octanol–water partition coefficient (Wildman–Crippen LogP) is 3.06. The molecule has 0 spiro atoms. The van der Waals surface area contributed by atoms with Crippen molar-refractivity contribution in [2.75, 3.05) is 13.1 Å². The summed E-state index contributed by atoms with van der Waals surface area (Å²) in [6.07, 6.45) is 0. The number of carbonyl (C=O) groups excluding carboxylic acids is 1. The Labute approximate surface area is 132 Å². The van der Waals surface area contributed by atoms with E-state index in [2.05, 4.69) is 44.9 Å². The number of benzene rings is 1. The molecule has 0 atom stereocenters. The maximum atomic E-state index is 12.2. The van der Waals surface area contributed by atoms with Crippen LogP contribution in [0.4, 0.5) is 0 Å². The molecule has 0 saturated heterocycles. The van der Waals surface area contributed by atoms with Gasteiger partial charge in [-0.2, -0.15) is 0 Å². The minimum atomic E-state index is -0.121. The topological polar surface area (TPSA) is 55.1 Å². The summed E-state index contributed by atoms with van der Waals surface area (Å²) in [6, 6.07) is 5.11. The molecule has 21 heavy (non-hydrogen) atoms. The number of rotatable bonds is 4. The van der Waals surface area contributed by atoms with E-state index in [0.717, 1.165) is 0 Å². The van der Waals surface area contributed by atoms with Crippen molar-refractivity contribution in [3.63, 3.8) is 0 Å². The van der Waals surface area contributed by atoms with E-state index in [4.69, 9.17) is 17.3 Å². The number of nitrogens with two attached hydrogens (primary N) is 1. The molecule has 0 radical (unpaired) electrons. The highest BCUT2D eigenvalue weighted by atomic mass is 35.5. The van der Waals surface area contributed by atoms with Gasteiger partial charge in [-0.05, 0) is 29.5 Å². The van der Waals surface area contributed by atoms with Crippen LogP contribution < -0.4 is 11.1 Å². The van der Waals surface area contributed by atoms with Gasteiger partial charge in [0.15, 0.2) is 0 Å². The molecule has 1 rings (SSSR count). The molecule has 1 aromatic carbocycles. The van der Waals surface area contributed by atoms with E-state index in [1.807, 2.05) is 0 Å². The first-order valence-corrected chi connectivity index (χ1v) is 7.42. The molecule has 0 aliphatic rings. The maximum Gasteiger partial charge on any atom is 0.251 e. The Balaban J connectivity index is 2.78. The van der Waals surface area contributed by atoms with Crippen molar-refractivity contribution < 1.29 is 4.79 Å². The standard InChI is InChI=1S/C17H23ClN2O/c1-12(2)17(3,4)11-20-16(21)14-8-7-13(6-5-9-19)15(18)10-14/h7-8,10,12H,9,11,19H2,1-4H3,(H,20,21). The number of carbonyl (C=O) groups is 1. The second-order valence-corrected chi connectivity index (χ2v) is 6.43. The van der Waals surface area contributed by atoms with Crippen LogP contribution in [-0.4, -0.2) is 19.0 Å². The van der Waals surface area contributed by atoms with Crippen molar-refractivity contribution in [3.8, 4) is 11.8 Å². The first-order chi connectivity index (χ1) is 9.77. The van der Waals surface area contributed by atoms with E-state index in [9.17, 15) is 4.79 Å². The van der Waals surface area contributed by atoms with E-state index in [1.165, 1.54) is 0 Å². The highest BCUT2D eigenvalue weighted by molar-refractivity contribution is 6.32. The van der Waals surface area contributed by atoms with Gasteiger partial charge in [-0.25, -0.2) is 0 Å². The lowest BCUT2D eigenvalue weighted by Crippen LogP contribution is -2.36. The number of nitrogens with one attached hydrogen (secondary N) is 1. The van der Waals surface area contributed by atoms with Crippen molar-refractivity contribution in [2.24, 2.45) is 17.1 Å². The first kappa shape index (κ1) is 17.6. The second-order valence-electron chi connectivity index (χ2n) is 6.03. The van der Waals surface area contributed by atoms with Gasteiger partial charge in [-0.1, -0.05) is 51.1 Å². The average molecular weight is 307 g/mol. The van der Waals surface area contributed by atoms with Crippen LogP contribution in [0.3, 0.4) is 0 Å². The third-order valence-corrected chi connectivity index (χ3v) is 4.14. The van der Waals surface area contributed by atoms with Crippen LogP contribution in [0.25, 0.3) is 0 Å². The van der Waals surface area contributed by atoms with Crippen molar-refractivity contribution in [2.45, 2.75) is 27.7 Å². The van der Waals surface area contributed by atoms with E-state index in [-0.39, 0.29) is 17.9 Å². The lowest BCUT2D eigenvalue weighted by Gasteiger charge is -2.29. The molecule has 1 amide bonds. The Morgan fingerprint density at radius 2 is 2.10 bits per heavy atom. The van der Waals surface area contributed by atoms with Gasteiger partial charge >= 0.3 is 0 Å². The van der Waals surface area contributed by atoms with E-state index < -0.39 is 0 Å². The fourth-order valence-electron chi connectivity index (χ4n) is 1.52. The quantitative estimate of drug-likeness (QED) is 0.840. The zero-order valence-corrected chi connectivity index (χ0v) is 13.8. The molecule has 0 saturated carbocycles. The average Bonchev–Trinajstić information content (AvgIpc) is 2.43. The van der Waals surface area contributed by atoms with Crippen LogP contribution in [0.1, 0.15) is 43.6 Å². The van der Waals surface area contributed by atoms with Gasteiger partial charge in [-0.15, -0.1) is 0 Å². The van der Waals surface area contributed by atoms with E-state index in [1.54, 1.807) is 18.2 Å². The molecule has 0 bridgehead atoms. The summed E-state index contributed by atoms with van der Waals surface area (Å²) < 4.78 is 0. The number of hydrogen-bond donors (Lipinski definition) is 2. The lowest BCUT2D eigenvalue weighted by atomic mass is 9.81. The molecule has 0 aromatic heterocycles. The van der Waals surface area contributed by atoms with E-state index >= 15 is 0 Å². The van der Waals surface area contributed by atoms with Crippen molar-refractivity contribution in [1.29, 1.82) is 0 Å². The minimum absolute atomic E-state index is 0.0476. The van der Waals surface area contributed by atoms with Gasteiger partial charge in [0.2, 0.25) is 0 Å². The summed E-state index contributed by atoms with van der Waals surface area (Å²) in [5.41, 5.74) is 6.60. The summed E-state index contributed by atoms with van der Waals surface area (Å²) in [6.45, 7) is 9.47. The van der Waals surface area contributed by atoms with E-state index in [0.29, 0.717) is 28.6 Å². The number of amides is 1. The van der Waals surface area contributed by atoms with Crippen LogP contribution in [0.2, 0.25) is 5.02 Å².